The van der Waals surface area contributed by atoms with E-state index in [0.29, 0.717) is 63.6 Å². The number of rotatable bonds is 6. The molecule has 12 rings (SSSR count). The first kappa shape index (κ1) is 45.3. The Hall–Kier alpha value is -6.45. The quantitative estimate of drug-likeness (QED) is 0.0777. The number of phenols is 1. The largest absolute Gasteiger partial charge is 0.514 e. The fraction of sp³-hybridized carbons (Fsp3) is 0.412. The van der Waals surface area contributed by atoms with E-state index in [9.17, 15) is 20.0 Å². The van der Waals surface area contributed by atoms with Crippen molar-refractivity contribution >= 4 is 35.9 Å². The molecule has 8 aliphatic rings. The lowest BCUT2D eigenvalue weighted by Crippen LogP contribution is -2.69. The smallest absolute Gasteiger partial charge is 0.504 e. The van der Waals surface area contributed by atoms with E-state index in [1.54, 1.807) is 39.0 Å². The summed E-state index contributed by atoms with van der Waals surface area (Å²) in [5.74, 6) is 0.545. The van der Waals surface area contributed by atoms with Crippen molar-refractivity contribution in [2.75, 3.05) is 46.5 Å². The fourth-order valence-corrected chi connectivity index (χ4v) is 12.7. The Bertz CT molecular complexity index is 2840. The average molecular weight is 945 g/mol. The minimum Gasteiger partial charge on any atom is -0.504 e. The van der Waals surface area contributed by atoms with Gasteiger partial charge in [0, 0.05) is 59.6 Å². The number of nitriles is 1. The number of piperazine rings is 1. The van der Waals surface area contributed by atoms with E-state index in [1.807, 2.05) is 50.2 Å². The maximum atomic E-state index is 15.2. The number of fused-ring (bicyclic) bond motifs is 6. The first-order valence-corrected chi connectivity index (χ1v) is 23.6. The lowest BCUT2D eigenvalue weighted by atomic mass is 9.76. The number of hydrogen-bond donors (Lipinski definition) is 3. The van der Waals surface area contributed by atoms with Crippen LogP contribution in [0.3, 0.4) is 0 Å². The molecule has 68 heavy (non-hydrogen) atoms. The molecule has 0 saturated carbocycles. The minimum absolute atomic E-state index is 0.0318. The lowest BCUT2D eigenvalue weighted by molar-refractivity contribution is -0.156. The van der Waals surface area contributed by atoms with Crippen molar-refractivity contribution in [3.8, 4) is 46.3 Å². The molecule has 2 fully saturated rings. The van der Waals surface area contributed by atoms with E-state index in [1.165, 1.54) is 32.1 Å². The summed E-state index contributed by atoms with van der Waals surface area (Å²) in [6.45, 7) is 9.09. The Morgan fingerprint density at radius 2 is 1.75 bits per heavy atom. The molecule has 2 saturated heterocycles. The zero-order chi connectivity index (χ0) is 47.9. The molecule has 4 aromatic carbocycles. The van der Waals surface area contributed by atoms with Gasteiger partial charge in [0.15, 0.2) is 40.0 Å². The van der Waals surface area contributed by atoms with Gasteiger partial charge in [0.05, 0.1) is 37.6 Å². The number of carbonyl (C=O) groups is 3. The molecular formula is C51H52N4O12S. The van der Waals surface area contributed by atoms with Gasteiger partial charge >= 0.3 is 18.1 Å². The van der Waals surface area contributed by atoms with E-state index in [0.717, 1.165) is 16.7 Å². The summed E-state index contributed by atoms with van der Waals surface area (Å²) in [5, 5.41) is 30.3. The number of aromatic hydroxyl groups is 1. The normalized spacial score (nSPS) is 26.3. The van der Waals surface area contributed by atoms with Gasteiger partial charge in [-0.3, -0.25) is 10.2 Å². The zero-order valence-electron chi connectivity index (χ0n) is 38.8. The second-order valence-corrected chi connectivity index (χ2v) is 20.0. The molecule has 17 heteroatoms. The molecule has 7 atom stereocenters. The van der Waals surface area contributed by atoms with Gasteiger partial charge < -0.3 is 48.3 Å². The Balaban J connectivity index is 1.18. The highest BCUT2D eigenvalue weighted by Gasteiger charge is 2.63. The number of esters is 2. The highest BCUT2D eigenvalue weighted by molar-refractivity contribution is 7.99. The SMILES string of the molecule is COc1cc2c(cc1OC(=O)OC(C)(C)C)CCN[C@]21CS[C@@H]2c3c(OC(=O)/C=C/c4ccccc4)c(C)c4c(c3[C@H](COC1=O)N1C2[C@@H]2NC[C@@]1(C#N)Cc1cc(C)c(OC)c(O)c12)OCO4. The summed E-state index contributed by atoms with van der Waals surface area (Å²) >= 11 is 1.43. The lowest BCUT2D eigenvalue weighted by Gasteiger charge is -2.58. The summed E-state index contributed by atoms with van der Waals surface area (Å²) < 4.78 is 48.3. The van der Waals surface area contributed by atoms with Crippen LogP contribution in [0, 0.1) is 25.2 Å². The molecule has 8 heterocycles. The van der Waals surface area contributed by atoms with E-state index in [2.05, 4.69) is 21.6 Å². The van der Waals surface area contributed by atoms with Crippen LogP contribution in [0.25, 0.3) is 6.08 Å². The molecular weight excluding hydrogens is 893 g/mol. The third kappa shape index (κ3) is 7.27. The van der Waals surface area contributed by atoms with Gasteiger partial charge in [-0.25, -0.2) is 14.4 Å². The number of hydrogen-bond acceptors (Lipinski definition) is 17. The standard InChI is InChI=1S/C51H52N4O12S/c1-26-17-30-20-50(22-52)23-53-39(36(30)41(57)42(26)61-7)40-46-38-37(45-44(63-25-64-45)27(2)43(38)66-35(56)14-13-28-11-9-8-10-12-28)32(55(40)50)21-62-47(58)51(24-68-46)31-19-33(60-6)34(18-29(31)15-16-54-51)65-48(59)67-49(3,4)5/h8-14,17-19,32,39-40,46,53-54,57H,15-16,20-21,23-25H2,1-7H3/b14-13+/t32-,39+,40?,46+,50-,51+/m0/s1. The third-order valence-corrected chi connectivity index (χ3v) is 15.2. The maximum Gasteiger partial charge on any atom is 0.514 e. The molecule has 4 bridgehead atoms. The number of phenolic OH excluding ortho intramolecular Hbond substituents is 1. The fourth-order valence-electron chi connectivity index (χ4n) is 11.0. The van der Waals surface area contributed by atoms with E-state index in [-0.39, 0.29) is 55.1 Å². The van der Waals surface area contributed by atoms with Crippen molar-refractivity contribution in [3.05, 3.63) is 105 Å². The second-order valence-electron chi connectivity index (χ2n) is 18.9. The van der Waals surface area contributed by atoms with Crippen LogP contribution in [0.15, 0.2) is 54.6 Å². The van der Waals surface area contributed by atoms with Gasteiger partial charge in [-0.15, -0.1) is 11.8 Å². The molecule has 0 aliphatic carbocycles. The molecule has 16 nitrogen and oxygen atoms in total. The van der Waals surface area contributed by atoms with Gasteiger partial charge in [-0.2, -0.15) is 5.26 Å². The molecule has 0 radical (unpaired) electrons. The molecule has 3 N–H and O–H groups in total. The molecule has 8 aliphatic heterocycles. The van der Waals surface area contributed by atoms with Gasteiger partial charge in [0.2, 0.25) is 6.79 Å². The summed E-state index contributed by atoms with van der Waals surface area (Å²) in [6.07, 6.45) is 2.85. The summed E-state index contributed by atoms with van der Waals surface area (Å²) in [7, 11) is 2.96. The van der Waals surface area contributed by atoms with Crippen LogP contribution in [0.1, 0.15) is 88.2 Å². The molecule has 2 unspecified atom stereocenters. The van der Waals surface area contributed by atoms with Crippen molar-refractivity contribution in [2.45, 2.75) is 87.5 Å². The number of carbonyl (C=O) groups excluding carboxylic acids is 3. The highest BCUT2D eigenvalue weighted by atomic mass is 32.2. The van der Waals surface area contributed by atoms with E-state index < -0.39 is 58.1 Å². The molecule has 0 amide bonds. The number of benzene rings is 4. The number of aryl methyl sites for hydroxylation is 1. The van der Waals surface area contributed by atoms with Crippen molar-refractivity contribution < 1.29 is 57.4 Å². The Kier molecular flexibility index (Phi) is 11.3. The number of methoxy groups -OCH3 is 2. The van der Waals surface area contributed by atoms with Crippen LogP contribution in [0.4, 0.5) is 4.79 Å². The van der Waals surface area contributed by atoms with Crippen LogP contribution in [-0.2, 0) is 37.4 Å². The predicted octanol–water partition coefficient (Wildman–Crippen LogP) is 6.95. The third-order valence-electron chi connectivity index (χ3n) is 13.7. The second kappa shape index (κ2) is 17.0. The first-order chi connectivity index (χ1) is 32.6. The maximum absolute atomic E-state index is 15.2. The summed E-state index contributed by atoms with van der Waals surface area (Å²) in [6, 6.07) is 15.4. The van der Waals surface area contributed by atoms with Crippen molar-refractivity contribution in [2.24, 2.45) is 0 Å². The topological polar surface area (TPSA) is 196 Å². The first-order valence-electron chi connectivity index (χ1n) is 22.5. The van der Waals surface area contributed by atoms with E-state index >= 15 is 4.79 Å². The van der Waals surface area contributed by atoms with Crippen LogP contribution in [0.5, 0.6) is 40.2 Å². The number of nitrogens with zero attached hydrogens (tertiary/aromatic N) is 2. The summed E-state index contributed by atoms with van der Waals surface area (Å²) in [5.41, 5.74) is 2.39. The molecule has 0 aromatic heterocycles. The Labute approximate surface area is 397 Å². The van der Waals surface area contributed by atoms with Crippen LogP contribution in [-0.4, -0.2) is 91.7 Å². The Morgan fingerprint density at radius 1 is 0.971 bits per heavy atom. The average Bonchev–Trinajstić information content (AvgIpc) is 3.70. The Morgan fingerprint density at radius 3 is 2.49 bits per heavy atom. The van der Waals surface area contributed by atoms with Gasteiger partial charge in [0.25, 0.3) is 0 Å². The molecule has 4 aromatic rings. The van der Waals surface area contributed by atoms with E-state index in [4.69, 9.17) is 37.9 Å². The summed E-state index contributed by atoms with van der Waals surface area (Å²) in [4.78, 5) is 44.4. The van der Waals surface area contributed by atoms with Crippen LogP contribution < -0.4 is 39.1 Å². The van der Waals surface area contributed by atoms with Gasteiger partial charge in [0.1, 0.15) is 23.5 Å². The monoisotopic (exact) mass is 944 g/mol. The molecule has 354 valence electrons. The highest BCUT2D eigenvalue weighted by Crippen LogP contribution is 2.64. The van der Waals surface area contributed by atoms with Gasteiger partial charge in [-0.05, 0) is 87.1 Å². The zero-order valence-corrected chi connectivity index (χ0v) is 39.6. The van der Waals surface area contributed by atoms with Crippen molar-refractivity contribution in [1.29, 1.82) is 5.26 Å². The number of nitrogens with one attached hydrogen (secondary N) is 2. The van der Waals surface area contributed by atoms with Crippen molar-refractivity contribution in [1.82, 2.24) is 15.5 Å². The van der Waals surface area contributed by atoms with Gasteiger partial charge in [-0.1, -0.05) is 36.4 Å². The molecule has 1 spiro atoms. The number of ether oxygens (including phenoxy) is 8. The number of thioether (sulfide) groups is 1. The predicted molar refractivity (Wildman–Crippen MR) is 248 cm³/mol. The van der Waals surface area contributed by atoms with Crippen molar-refractivity contribution in [3.63, 3.8) is 0 Å². The van der Waals surface area contributed by atoms with Crippen LogP contribution in [0.2, 0.25) is 0 Å². The van der Waals surface area contributed by atoms with Crippen LogP contribution >= 0.6 is 11.8 Å². The minimum atomic E-state index is -1.48.